The van der Waals surface area contributed by atoms with Gasteiger partial charge in [-0.05, 0) is 61.8 Å². The normalized spacial score (nSPS) is 28.5. The summed E-state index contributed by atoms with van der Waals surface area (Å²) in [6.07, 6.45) is 9.00. The minimum Gasteiger partial charge on any atom is -0.481 e. The molecule has 2 bridgehead atoms. The molecule has 6 heteroatoms. The van der Waals surface area contributed by atoms with Crippen LogP contribution in [0.3, 0.4) is 0 Å². The summed E-state index contributed by atoms with van der Waals surface area (Å²) in [5.41, 5.74) is 1.99. The Morgan fingerprint density at radius 1 is 1.04 bits per heavy atom. The van der Waals surface area contributed by atoms with E-state index in [0.29, 0.717) is 11.3 Å². The predicted molar refractivity (Wildman–Crippen MR) is 105 cm³/mol. The largest absolute Gasteiger partial charge is 0.481 e. The summed E-state index contributed by atoms with van der Waals surface area (Å²) in [5.74, 6) is -2.52. The smallest absolute Gasteiger partial charge is 0.307 e. The van der Waals surface area contributed by atoms with Crippen molar-refractivity contribution in [1.29, 1.82) is 0 Å². The molecule has 28 heavy (non-hydrogen) atoms. The summed E-state index contributed by atoms with van der Waals surface area (Å²) < 4.78 is 0. The summed E-state index contributed by atoms with van der Waals surface area (Å²) in [6, 6.07) is 5.47. The first-order valence-electron chi connectivity index (χ1n) is 10.1. The van der Waals surface area contributed by atoms with E-state index in [9.17, 15) is 19.5 Å². The SMILES string of the molecule is Cc1cc(C(=O)NC2CCCC2)ccc1NC(=O)C1C2C=CC(C2)C1C(=O)O. The fourth-order valence-electron chi connectivity index (χ4n) is 5.02. The maximum Gasteiger partial charge on any atom is 0.307 e. The van der Waals surface area contributed by atoms with Crippen molar-refractivity contribution in [3.8, 4) is 0 Å². The van der Waals surface area contributed by atoms with E-state index in [0.717, 1.165) is 37.7 Å². The van der Waals surface area contributed by atoms with E-state index < -0.39 is 17.8 Å². The Balaban J connectivity index is 1.45. The number of anilines is 1. The van der Waals surface area contributed by atoms with Crippen molar-refractivity contribution in [2.75, 3.05) is 5.32 Å². The number of carbonyl (C=O) groups is 3. The van der Waals surface area contributed by atoms with Crippen LogP contribution in [0.2, 0.25) is 0 Å². The maximum atomic E-state index is 12.8. The topological polar surface area (TPSA) is 95.5 Å². The van der Waals surface area contributed by atoms with Gasteiger partial charge in [-0.3, -0.25) is 14.4 Å². The molecule has 1 aromatic rings. The highest BCUT2D eigenvalue weighted by Crippen LogP contribution is 2.48. The highest BCUT2D eigenvalue weighted by Gasteiger charge is 2.51. The fraction of sp³-hybridized carbons (Fsp3) is 0.500. The molecule has 2 amide bonds. The molecule has 4 rings (SSSR count). The molecule has 3 aliphatic carbocycles. The molecule has 6 nitrogen and oxygen atoms in total. The first-order chi connectivity index (χ1) is 13.4. The van der Waals surface area contributed by atoms with Gasteiger partial charge in [0.15, 0.2) is 0 Å². The van der Waals surface area contributed by atoms with Gasteiger partial charge in [0.2, 0.25) is 5.91 Å². The number of carbonyl (C=O) groups excluding carboxylic acids is 2. The zero-order valence-corrected chi connectivity index (χ0v) is 16.0. The Bertz CT molecular complexity index is 841. The number of carboxylic acid groups (broad SMARTS) is 1. The number of hydrogen-bond acceptors (Lipinski definition) is 3. The molecule has 0 heterocycles. The number of aliphatic carboxylic acids is 1. The van der Waals surface area contributed by atoms with Crippen molar-refractivity contribution in [3.63, 3.8) is 0 Å². The van der Waals surface area contributed by atoms with E-state index >= 15 is 0 Å². The third-order valence-corrected chi connectivity index (χ3v) is 6.48. The van der Waals surface area contributed by atoms with Crippen LogP contribution in [-0.4, -0.2) is 28.9 Å². The third kappa shape index (κ3) is 3.43. The standard InChI is InChI=1S/C22H26N2O4/c1-12-10-15(20(25)23-16-4-2-3-5-16)8-9-17(12)24-21(26)18-13-6-7-14(11-13)19(18)22(27)28/h6-10,13-14,16,18-19H,2-5,11H2,1H3,(H,23,25)(H,24,26)(H,27,28). The minimum absolute atomic E-state index is 0.0112. The number of nitrogens with one attached hydrogen (secondary N) is 2. The lowest BCUT2D eigenvalue weighted by atomic mass is 9.82. The van der Waals surface area contributed by atoms with E-state index in [4.69, 9.17) is 0 Å². The zero-order chi connectivity index (χ0) is 19.8. The summed E-state index contributed by atoms with van der Waals surface area (Å²) in [7, 11) is 0. The van der Waals surface area contributed by atoms with Crippen LogP contribution in [0, 0.1) is 30.6 Å². The molecule has 0 aromatic heterocycles. The van der Waals surface area contributed by atoms with Crippen LogP contribution in [0.1, 0.15) is 48.0 Å². The van der Waals surface area contributed by atoms with Gasteiger partial charge < -0.3 is 15.7 Å². The van der Waals surface area contributed by atoms with Crippen LogP contribution in [0.5, 0.6) is 0 Å². The van der Waals surface area contributed by atoms with Crippen molar-refractivity contribution in [2.45, 2.75) is 45.1 Å². The van der Waals surface area contributed by atoms with Crippen LogP contribution in [0.15, 0.2) is 30.4 Å². The lowest BCUT2D eigenvalue weighted by Gasteiger charge is -2.24. The molecule has 0 saturated heterocycles. The molecule has 0 aliphatic heterocycles. The summed E-state index contributed by atoms with van der Waals surface area (Å²) in [4.78, 5) is 36.9. The van der Waals surface area contributed by atoms with Crippen LogP contribution < -0.4 is 10.6 Å². The number of aryl methyl sites for hydroxylation is 1. The highest BCUT2D eigenvalue weighted by molar-refractivity contribution is 5.98. The maximum absolute atomic E-state index is 12.8. The van der Waals surface area contributed by atoms with Gasteiger partial charge in [-0.2, -0.15) is 0 Å². The van der Waals surface area contributed by atoms with E-state index in [1.807, 2.05) is 19.1 Å². The van der Waals surface area contributed by atoms with E-state index in [1.54, 1.807) is 18.2 Å². The second kappa shape index (κ2) is 7.41. The van der Waals surface area contributed by atoms with Gasteiger partial charge in [-0.25, -0.2) is 0 Å². The lowest BCUT2D eigenvalue weighted by molar-refractivity contribution is -0.146. The van der Waals surface area contributed by atoms with Gasteiger partial charge in [0.1, 0.15) is 0 Å². The summed E-state index contributed by atoms with van der Waals surface area (Å²) in [6.45, 7) is 1.84. The van der Waals surface area contributed by atoms with Crippen molar-refractivity contribution in [3.05, 3.63) is 41.5 Å². The Labute approximate surface area is 164 Å². The van der Waals surface area contributed by atoms with Gasteiger partial charge in [-0.1, -0.05) is 25.0 Å². The van der Waals surface area contributed by atoms with E-state index in [2.05, 4.69) is 10.6 Å². The lowest BCUT2D eigenvalue weighted by Crippen LogP contribution is -2.36. The Hall–Kier alpha value is -2.63. The Morgan fingerprint density at radius 2 is 1.71 bits per heavy atom. The minimum atomic E-state index is -0.910. The number of hydrogen-bond donors (Lipinski definition) is 3. The number of benzene rings is 1. The van der Waals surface area contributed by atoms with Crippen LogP contribution in [0.25, 0.3) is 0 Å². The molecular formula is C22H26N2O4. The average molecular weight is 382 g/mol. The quantitative estimate of drug-likeness (QED) is 0.682. The van der Waals surface area contributed by atoms with Crippen molar-refractivity contribution >= 4 is 23.5 Å². The average Bonchev–Trinajstić information content (AvgIpc) is 3.39. The van der Waals surface area contributed by atoms with Gasteiger partial charge in [0.05, 0.1) is 11.8 Å². The second-order valence-corrected chi connectivity index (χ2v) is 8.31. The molecule has 1 aromatic carbocycles. The number of allylic oxidation sites excluding steroid dienone is 2. The number of rotatable bonds is 5. The molecule has 4 atom stereocenters. The predicted octanol–water partition coefficient (Wildman–Crippen LogP) is 3.13. The molecule has 148 valence electrons. The van der Waals surface area contributed by atoms with Gasteiger partial charge in [0.25, 0.3) is 5.91 Å². The number of amides is 2. The van der Waals surface area contributed by atoms with Gasteiger partial charge >= 0.3 is 5.97 Å². The Morgan fingerprint density at radius 3 is 2.36 bits per heavy atom. The van der Waals surface area contributed by atoms with E-state index in [-0.39, 0.29) is 29.7 Å². The van der Waals surface area contributed by atoms with Crippen LogP contribution in [0.4, 0.5) is 5.69 Å². The van der Waals surface area contributed by atoms with E-state index in [1.165, 1.54) is 0 Å². The number of fused-ring (bicyclic) bond motifs is 2. The van der Waals surface area contributed by atoms with Crippen LogP contribution in [-0.2, 0) is 9.59 Å². The molecule has 2 saturated carbocycles. The molecule has 0 radical (unpaired) electrons. The van der Waals surface area contributed by atoms with Crippen LogP contribution >= 0.6 is 0 Å². The molecule has 0 spiro atoms. The molecule has 4 unspecified atom stereocenters. The second-order valence-electron chi connectivity index (χ2n) is 8.31. The third-order valence-electron chi connectivity index (χ3n) is 6.48. The molecule has 3 aliphatic rings. The first kappa shape index (κ1) is 18.7. The van der Waals surface area contributed by atoms with Crippen molar-refractivity contribution < 1.29 is 19.5 Å². The van der Waals surface area contributed by atoms with Gasteiger partial charge in [-0.15, -0.1) is 0 Å². The molecule has 2 fully saturated rings. The molecule has 3 N–H and O–H groups in total. The van der Waals surface area contributed by atoms with Crippen molar-refractivity contribution in [1.82, 2.24) is 5.32 Å². The molecular weight excluding hydrogens is 356 g/mol. The fourth-order valence-corrected chi connectivity index (χ4v) is 5.02. The summed E-state index contributed by atoms with van der Waals surface area (Å²) >= 11 is 0. The summed E-state index contributed by atoms with van der Waals surface area (Å²) in [5, 5.41) is 15.5. The zero-order valence-electron chi connectivity index (χ0n) is 16.0. The number of carboxylic acids is 1. The van der Waals surface area contributed by atoms with Gasteiger partial charge in [0, 0.05) is 17.3 Å². The highest BCUT2D eigenvalue weighted by atomic mass is 16.4. The monoisotopic (exact) mass is 382 g/mol. The Kier molecular flexibility index (Phi) is 4.96. The first-order valence-corrected chi connectivity index (χ1v) is 10.1. The van der Waals surface area contributed by atoms with Crippen molar-refractivity contribution in [2.24, 2.45) is 23.7 Å².